The molecule has 0 aliphatic rings. The lowest BCUT2D eigenvalue weighted by atomic mass is 10.2. The summed E-state index contributed by atoms with van der Waals surface area (Å²) in [6.07, 6.45) is 1.11. The zero-order valence-corrected chi connectivity index (χ0v) is 15.4. The summed E-state index contributed by atoms with van der Waals surface area (Å²) >= 11 is 0. The van der Waals surface area contributed by atoms with Gasteiger partial charge < -0.3 is 10.1 Å². The third-order valence-electron chi connectivity index (χ3n) is 3.51. The molecule has 140 valence electrons. The summed E-state index contributed by atoms with van der Waals surface area (Å²) in [4.78, 5) is 11.4. The van der Waals surface area contributed by atoms with Crippen LogP contribution in [0, 0.1) is 5.82 Å². The summed E-state index contributed by atoms with van der Waals surface area (Å²) in [5, 5.41) is 2.62. The molecule has 0 aliphatic heterocycles. The Bertz CT molecular complexity index is 836. The molecular weight excluding hydrogens is 359 g/mol. The Morgan fingerprint density at radius 1 is 1.12 bits per heavy atom. The highest BCUT2D eigenvalue weighted by atomic mass is 32.2. The van der Waals surface area contributed by atoms with Crippen molar-refractivity contribution >= 4 is 21.6 Å². The van der Waals surface area contributed by atoms with Gasteiger partial charge in [-0.3, -0.25) is 9.10 Å². The number of ether oxygens (including phenoxy) is 1. The first-order valence-corrected chi connectivity index (χ1v) is 9.86. The normalized spacial score (nSPS) is 11.0. The molecule has 2 aromatic carbocycles. The Morgan fingerprint density at radius 2 is 1.73 bits per heavy atom. The number of amides is 1. The number of benzene rings is 2. The van der Waals surface area contributed by atoms with E-state index >= 15 is 0 Å². The molecule has 0 aliphatic carbocycles. The van der Waals surface area contributed by atoms with E-state index in [0.717, 1.165) is 6.26 Å². The topological polar surface area (TPSA) is 75.7 Å². The monoisotopic (exact) mass is 380 g/mol. The van der Waals surface area contributed by atoms with Gasteiger partial charge in [0.05, 0.1) is 18.5 Å². The molecule has 0 aromatic heterocycles. The highest BCUT2D eigenvalue weighted by molar-refractivity contribution is 7.92. The van der Waals surface area contributed by atoms with Gasteiger partial charge in [-0.1, -0.05) is 12.1 Å². The average Bonchev–Trinajstić information content (AvgIpc) is 2.59. The first-order valence-electron chi connectivity index (χ1n) is 8.01. The lowest BCUT2D eigenvalue weighted by Crippen LogP contribution is -2.29. The van der Waals surface area contributed by atoms with Crippen molar-refractivity contribution in [2.24, 2.45) is 0 Å². The van der Waals surface area contributed by atoms with Gasteiger partial charge in [0.1, 0.15) is 11.6 Å². The summed E-state index contributed by atoms with van der Waals surface area (Å²) in [7, 11) is -3.54. The summed E-state index contributed by atoms with van der Waals surface area (Å²) < 4.78 is 43.9. The largest absolute Gasteiger partial charge is 0.484 e. The lowest BCUT2D eigenvalue weighted by molar-refractivity contribution is -0.122. The van der Waals surface area contributed by atoms with E-state index in [0.29, 0.717) is 23.5 Å². The molecule has 8 heteroatoms. The van der Waals surface area contributed by atoms with Gasteiger partial charge in [0.2, 0.25) is 10.0 Å². The molecule has 0 bridgehead atoms. The van der Waals surface area contributed by atoms with Crippen LogP contribution in [0.2, 0.25) is 0 Å². The molecule has 0 saturated heterocycles. The van der Waals surface area contributed by atoms with Crippen LogP contribution in [0.5, 0.6) is 5.75 Å². The Morgan fingerprint density at radius 3 is 2.27 bits per heavy atom. The SMILES string of the molecule is CCNC(=O)COc1ccc(N(Cc2ccc(F)cc2)S(C)(=O)=O)cc1. The molecule has 0 atom stereocenters. The second kappa shape index (κ2) is 8.66. The van der Waals surface area contributed by atoms with Crippen molar-refractivity contribution in [2.45, 2.75) is 13.5 Å². The zero-order chi connectivity index (χ0) is 19.2. The summed E-state index contributed by atoms with van der Waals surface area (Å²) in [5.41, 5.74) is 1.11. The van der Waals surface area contributed by atoms with Crippen molar-refractivity contribution in [3.05, 3.63) is 59.9 Å². The first-order chi connectivity index (χ1) is 12.3. The fraction of sp³-hybridized carbons (Fsp3) is 0.278. The molecule has 6 nitrogen and oxygen atoms in total. The zero-order valence-electron chi connectivity index (χ0n) is 14.6. The number of likely N-dealkylation sites (N-methyl/N-ethyl adjacent to an activating group) is 1. The third-order valence-corrected chi connectivity index (χ3v) is 4.65. The Labute approximate surface area is 152 Å². The van der Waals surface area contributed by atoms with Gasteiger partial charge in [0.15, 0.2) is 6.61 Å². The molecule has 1 N–H and O–H groups in total. The van der Waals surface area contributed by atoms with Crippen LogP contribution in [-0.2, 0) is 21.4 Å². The van der Waals surface area contributed by atoms with Crippen LogP contribution < -0.4 is 14.4 Å². The van der Waals surface area contributed by atoms with E-state index in [2.05, 4.69) is 5.32 Å². The van der Waals surface area contributed by atoms with Crippen molar-refractivity contribution in [3.8, 4) is 5.75 Å². The van der Waals surface area contributed by atoms with Crippen LogP contribution in [0.25, 0.3) is 0 Å². The number of carbonyl (C=O) groups is 1. The Kier molecular flexibility index (Phi) is 6.57. The van der Waals surface area contributed by atoms with Gasteiger partial charge in [-0.05, 0) is 48.9 Å². The number of sulfonamides is 1. The van der Waals surface area contributed by atoms with Crippen LogP contribution in [0.4, 0.5) is 10.1 Å². The van der Waals surface area contributed by atoms with Crippen molar-refractivity contribution in [1.29, 1.82) is 0 Å². The Balaban J connectivity index is 2.13. The third kappa shape index (κ3) is 5.73. The maximum Gasteiger partial charge on any atom is 0.257 e. The number of halogens is 1. The number of carbonyl (C=O) groups excluding carboxylic acids is 1. The van der Waals surface area contributed by atoms with E-state index in [1.54, 1.807) is 24.3 Å². The minimum Gasteiger partial charge on any atom is -0.484 e. The van der Waals surface area contributed by atoms with Gasteiger partial charge in [-0.2, -0.15) is 0 Å². The fourth-order valence-electron chi connectivity index (χ4n) is 2.26. The number of hydrogen-bond acceptors (Lipinski definition) is 4. The van der Waals surface area contributed by atoms with E-state index in [9.17, 15) is 17.6 Å². The maximum atomic E-state index is 13.0. The molecule has 0 saturated carbocycles. The number of hydrogen-bond donors (Lipinski definition) is 1. The smallest absolute Gasteiger partial charge is 0.257 e. The molecule has 0 heterocycles. The van der Waals surface area contributed by atoms with E-state index in [1.807, 2.05) is 6.92 Å². The molecule has 0 radical (unpaired) electrons. The van der Waals surface area contributed by atoms with Crippen LogP contribution in [0.1, 0.15) is 12.5 Å². The summed E-state index contributed by atoms with van der Waals surface area (Å²) in [6.45, 7) is 2.30. The second-order valence-corrected chi connectivity index (χ2v) is 7.54. The highest BCUT2D eigenvalue weighted by Crippen LogP contribution is 2.23. The molecule has 1 amide bonds. The summed E-state index contributed by atoms with van der Waals surface area (Å²) in [5.74, 6) is -0.158. The van der Waals surface area contributed by atoms with Crippen molar-refractivity contribution < 1.29 is 22.3 Å². The van der Waals surface area contributed by atoms with Gasteiger partial charge in [-0.15, -0.1) is 0 Å². The minimum atomic E-state index is -3.54. The quantitative estimate of drug-likeness (QED) is 0.763. The van der Waals surface area contributed by atoms with Gasteiger partial charge >= 0.3 is 0 Å². The van der Waals surface area contributed by atoms with Crippen LogP contribution in [0.3, 0.4) is 0 Å². The second-order valence-electron chi connectivity index (χ2n) is 5.63. The number of nitrogens with one attached hydrogen (secondary N) is 1. The fourth-order valence-corrected chi connectivity index (χ4v) is 3.15. The van der Waals surface area contributed by atoms with E-state index < -0.39 is 10.0 Å². The molecule has 2 aromatic rings. The van der Waals surface area contributed by atoms with Gasteiger partial charge in [0.25, 0.3) is 5.91 Å². The minimum absolute atomic E-state index is 0.0816. The molecule has 0 fully saturated rings. The average molecular weight is 380 g/mol. The number of nitrogens with zero attached hydrogens (tertiary/aromatic N) is 1. The predicted octanol–water partition coefficient (Wildman–Crippen LogP) is 2.31. The van der Waals surface area contributed by atoms with Gasteiger partial charge in [0, 0.05) is 6.54 Å². The van der Waals surface area contributed by atoms with Crippen LogP contribution >= 0.6 is 0 Å². The van der Waals surface area contributed by atoms with E-state index in [-0.39, 0.29) is 24.9 Å². The summed E-state index contributed by atoms with van der Waals surface area (Å²) in [6, 6.07) is 12.0. The lowest BCUT2D eigenvalue weighted by Gasteiger charge is -2.22. The first kappa shape index (κ1) is 19.7. The molecule has 0 unspecified atom stereocenters. The molecule has 0 spiro atoms. The van der Waals surface area contributed by atoms with E-state index in [1.165, 1.54) is 28.6 Å². The standard InChI is InChI=1S/C18H21FN2O4S/c1-3-20-18(22)13-25-17-10-8-16(9-11-17)21(26(2,23)24)12-14-4-6-15(19)7-5-14/h4-11H,3,12-13H2,1-2H3,(H,20,22). The van der Waals surface area contributed by atoms with Crippen LogP contribution in [0.15, 0.2) is 48.5 Å². The Hall–Kier alpha value is -2.61. The highest BCUT2D eigenvalue weighted by Gasteiger charge is 2.18. The van der Waals surface area contributed by atoms with Crippen molar-refractivity contribution in [3.63, 3.8) is 0 Å². The molecule has 26 heavy (non-hydrogen) atoms. The number of rotatable bonds is 8. The molecular formula is C18H21FN2O4S. The number of anilines is 1. The maximum absolute atomic E-state index is 13.0. The van der Waals surface area contributed by atoms with Crippen molar-refractivity contribution in [2.75, 3.05) is 23.7 Å². The van der Waals surface area contributed by atoms with E-state index in [4.69, 9.17) is 4.74 Å². The van der Waals surface area contributed by atoms with Crippen LogP contribution in [-0.4, -0.2) is 33.7 Å². The molecule has 2 rings (SSSR count). The predicted molar refractivity (Wildman–Crippen MR) is 98.0 cm³/mol. The van der Waals surface area contributed by atoms with Gasteiger partial charge in [-0.25, -0.2) is 12.8 Å². The van der Waals surface area contributed by atoms with Crippen molar-refractivity contribution in [1.82, 2.24) is 5.32 Å².